The minimum atomic E-state index is -0.289. The van der Waals surface area contributed by atoms with Crippen molar-refractivity contribution in [3.8, 4) is 45.1 Å². The Morgan fingerprint density at radius 1 is 0.841 bits per heavy atom. The van der Waals surface area contributed by atoms with E-state index in [1.165, 1.54) is 11.1 Å². The third-order valence-electron chi connectivity index (χ3n) is 9.01. The van der Waals surface area contributed by atoms with Crippen LogP contribution in [0.1, 0.15) is 16.8 Å². The van der Waals surface area contributed by atoms with Crippen LogP contribution in [-0.2, 0) is 19.4 Å². The van der Waals surface area contributed by atoms with Crippen molar-refractivity contribution in [2.24, 2.45) is 0 Å². The van der Waals surface area contributed by atoms with Gasteiger partial charge in [0.15, 0.2) is 0 Å². The van der Waals surface area contributed by atoms with Crippen LogP contribution in [0.2, 0.25) is 10.0 Å². The number of aliphatic hydroxyl groups is 2. The lowest BCUT2D eigenvalue weighted by molar-refractivity contribution is -0.0222. The average molecular weight is 634 g/mol. The van der Waals surface area contributed by atoms with Gasteiger partial charge in [0.05, 0.1) is 48.4 Å². The van der Waals surface area contributed by atoms with Gasteiger partial charge in [-0.15, -0.1) is 0 Å². The number of hydrogen-bond acceptors (Lipinski definition) is 8. The van der Waals surface area contributed by atoms with Gasteiger partial charge < -0.3 is 19.7 Å². The minimum absolute atomic E-state index is 0.220. The second-order valence-corrected chi connectivity index (χ2v) is 12.6. The first kappa shape index (κ1) is 29.5. The topological polar surface area (TPSA) is 91.2 Å². The van der Waals surface area contributed by atoms with Crippen molar-refractivity contribution in [1.82, 2.24) is 19.8 Å². The van der Waals surface area contributed by atoms with E-state index >= 15 is 0 Å². The molecule has 2 aliphatic heterocycles. The molecule has 3 heterocycles. The molecule has 0 saturated carbocycles. The van der Waals surface area contributed by atoms with Gasteiger partial charge in [-0.25, -0.2) is 4.98 Å². The predicted octanol–water partition coefficient (Wildman–Crippen LogP) is 5.12. The normalized spacial score (nSPS) is 19.0. The molecule has 0 spiro atoms. The van der Waals surface area contributed by atoms with Gasteiger partial charge in [0.2, 0.25) is 5.88 Å². The van der Waals surface area contributed by atoms with Crippen molar-refractivity contribution in [3.63, 3.8) is 0 Å². The summed E-state index contributed by atoms with van der Waals surface area (Å²) >= 11 is 14.2. The number of benzene rings is 3. The summed E-state index contributed by atoms with van der Waals surface area (Å²) in [6.45, 7) is 3.24. The number of rotatable bonds is 8. The van der Waals surface area contributed by atoms with Gasteiger partial charge in [0.1, 0.15) is 11.4 Å². The molecule has 0 unspecified atom stereocenters. The first-order valence-corrected chi connectivity index (χ1v) is 15.6. The highest BCUT2D eigenvalue weighted by Crippen LogP contribution is 2.44. The summed E-state index contributed by atoms with van der Waals surface area (Å²) < 4.78 is 11.4. The predicted molar refractivity (Wildman–Crippen MR) is 172 cm³/mol. The molecule has 3 aliphatic rings. The van der Waals surface area contributed by atoms with E-state index < -0.39 is 0 Å². The lowest BCUT2D eigenvalue weighted by atomic mass is 9.95. The number of likely N-dealkylation sites (tertiary alicyclic amines) is 2. The summed E-state index contributed by atoms with van der Waals surface area (Å²) in [4.78, 5) is 13.8. The number of nitrogens with zero attached hydrogens (tertiary/aromatic N) is 4. The maximum absolute atomic E-state index is 9.81. The summed E-state index contributed by atoms with van der Waals surface area (Å²) in [6.07, 6.45) is 3.03. The molecule has 1 aliphatic carbocycles. The number of aromatic nitrogens is 2. The van der Waals surface area contributed by atoms with Gasteiger partial charge in [-0.05, 0) is 35.6 Å². The SMILES string of the molecule is COc1cc(-c2cccc(-c3cccc(-c4cnc(CN5CC(O)C5)c(OC)n4)c3Cl)c2Cl)cc2c1C[C@@H](N1CC(O)C1)C2. The van der Waals surface area contributed by atoms with Gasteiger partial charge in [-0.3, -0.25) is 14.8 Å². The zero-order chi connectivity index (χ0) is 30.5. The number of fused-ring (bicyclic) bond motifs is 1. The van der Waals surface area contributed by atoms with Crippen molar-refractivity contribution in [2.45, 2.75) is 37.6 Å². The Bertz CT molecular complexity index is 1720. The summed E-state index contributed by atoms with van der Waals surface area (Å²) in [5, 5.41) is 20.6. The number of aliphatic hydroxyl groups excluding tert-OH is 2. The van der Waals surface area contributed by atoms with E-state index in [1.54, 1.807) is 20.4 Å². The average Bonchev–Trinajstić information content (AvgIpc) is 3.42. The molecule has 44 heavy (non-hydrogen) atoms. The Hall–Kier alpha value is -3.24. The fourth-order valence-corrected chi connectivity index (χ4v) is 7.30. The van der Waals surface area contributed by atoms with Crippen molar-refractivity contribution in [3.05, 3.63) is 81.6 Å². The van der Waals surface area contributed by atoms with E-state index in [0.717, 1.165) is 59.5 Å². The van der Waals surface area contributed by atoms with Crippen LogP contribution < -0.4 is 9.47 Å². The molecule has 1 aromatic heterocycles. The fraction of sp³-hybridized carbons (Fsp3) is 0.353. The maximum atomic E-state index is 9.81. The smallest absolute Gasteiger partial charge is 0.237 e. The van der Waals surface area contributed by atoms with Crippen LogP contribution in [0.15, 0.2) is 54.7 Å². The number of halogens is 2. The summed E-state index contributed by atoms with van der Waals surface area (Å²) in [5.74, 6) is 1.30. The first-order valence-electron chi connectivity index (χ1n) is 14.8. The van der Waals surface area contributed by atoms with Crippen LogP contribution in [0.5, 0.6) is 11.6 Å². The molecule has 7 rings (SSSR count). The van der Waals surface area contributed by atoms with Crippen LogP contribution in [0.4, 0.5) is 0 Å². The molecule has 228 valence electrons. The van der Waals surface area contributed by atoms with Crippen molar-refractivity contribution in [2.75, 3.05) is 40.4 Å². The van der Waals surface area contributed by atoms with Gasteiger partial charge >= 0.3 is 0 Å². The molecule has 1 atom stereocenters. The lowest BCUT2D eigenvalue weighted by Crippen LogP contribution is -2.55. The fourth-order valence-electron chi connectivity index (χ4n) is 6.64. The molecule has 10 heteroatoms. The van der Waals surface area contributed by atoms with Gasteiger partial charge in [0, 0.05) is 61.0 Å². The molecule has 0 radical (unpaired) electrons. The largest absolute Gasteiger partial charge is 0.496 e. The Kier molecular flexibility index (Phi) is 7.99. The van der Waals surface area contributed by atoms with Crippen molar-refractivity contribution >= 4 is 23.2 Å². The highest BCUT2D eigenvalue weighted by Gasteiger charge is 2.36. The molecule has 2 fully saturated rings. The third-order valence-corrected chi connectivity index (χ3v) is 9.83. The van der Waals surface area contributed by atoms with Gasteiger partial charge in [-0.1, -0.05) is 65.7 Å². The molecule has 3 aromatic carbocycles. The molecule has 2 saturated heterocycles. The van der Waals surface area contributed by atoms with Crippen LogP contribution in [0, 0.1) is 0 Å². The van der Waals surface area contributed by atoms with E-state index in [1.807, 2.05) is 36.4 Å². The molecule has 2 N–H and O–H groups in total. The van der Waals surface area contributed by atoms with E-state index in [-0.39, 0.29) is 12.2 Å². The minimum Gasteiger partial charge on any atom is -0.496 e. The Morgan fingerprint density at radius 2 is 1.50 bits per heavy atom. The summed E-state index contributed by atoms with van der Waals surface area (Å²) in [6, 6.07) is 16.5. The van der Waals surface area contributed by atoms with E-state index in [2.05, 4.69) is 26.9 Å². The van der Waals surface area contributed by atoms with Crippen LogP contribution in [-0.4, -0.2) is 88.6 Å². The Morgan fingerprint density at radius 3 is 2.16 bits per heavy atom. The monoisotopic (exact) mass is 632 g/mol. The number of β-amino-alcohol motifs (C(OH)–C–C–N with tert-alkyl or cyclic N) is 2. The number of hydrogen-bond donors (Lipinski definition) is 2. The maximum Gasteiger partial charge on any atom is 0.237 e. The lowest BCUT2D eigenvalue weighted by Gasteiger charge is -2.40. The summed E-state index contributed by atoms with van der Waals surface area (Å²) in [5.41, 5.74) is 8.02. The van der Waals surface area contributed by atoms with E-state index in [9.17, 15) is 10.2 Å². The molecule has 0 bridgehead atoms. The van der Waals surface area contributed by atoms with E-state index in [0.29, 0.717) is 53.0 Å². The first-order chi connectivity index (χ1) is 21.3. The number of methoxy groups -OCH3 is 2. The number of ether oxygens (including phenoxy) is 2. The molecule has 0 amide bonds. The van der Waals surface area contributed by atoms with Crippen molar-refractivity contribution < 1.29 is 19.7 Å². The van der Waals surface area contributed by atoms with Crippen molar-refractivity contribution in [1.29, 1.82) is 0 Å². The second kappa shape index (κ2) is 11.9. The highest BCUT2D eigenvalue weighted by molar-refractivity contribution is 6.39. The van der Waals surface area contributed by atoms with Crippen LogP contribution in [0.3, 0.4) is 0 Å². The standard InChI is InChI=1S/C34H34Cl2N4O4/c1-43-31-11-20(9-19-10-21(12-28(19)31)40-16-23(42)17-40)24-5-3-6-25(32(24)35)26-7-4-8-27(33(26)36)29-13-37-30(34(38-29)44-2)18-39-14-22(41)15-39/h3-9,11,13,21-23,41-42H,10,12,14-18H2,1-2H3/t21-/m0/s1. The van der Waals surface area contributed by atoms with Crippen LogP contribution >= 0.6 is 23.2 Å². The zero-order valence-corrected chi connectivity index (χ0v) is 26.1. The Labute approximate surface area is 266 Å². The zero-order valence-electron chi connectivity index (χ0n) is 24.6. The quantitative estimate of drug-likeness (QED) is 0.277. The Balaban J connectivity index is 1.21. The van der Waals surface area contributed by atoms with Crippen LogP contribution in [0.25, 0.3) is 33.5 Å². The molecule has 8 nitrogen and oxygen atoms in total. The highest BCUT2D eigenvalue weighted by atomic mass is 35.5. The molecular weight excluding hydrogens is 599 g/mol. The third kappa shape index (κ3) is 5.34. The summed E-state index contributed by atoms with van der Waals surface area (Å²) in [7, 11) is 3.29. The van der Waals surface area contributed by atoms with Gasteiger partial charge in [0.25, 0.3) is 0 Å². The van der Waals surface area contributed by atoms with Gasteiger partial charge in [-0.2, -0.15) is 0 Å². The molecular formula is C34H34Cl2N4O4. The molecule has 4 aromatic rings. The van der Waals surface area contributed by atoms with E-state index in [4.69, 9.17) is 37.7 Å². The second-order valence-electron chi connectivity index (χ2n) is 11.9.